The Morgan fingerprint density at radius 2 is 2.58 bits per heavy atom. The molecule has 0 bridgehead atoms. The van der Waals surface area contributed by atoms with Crippen LogP contribution in [-0.2, 0) is 9.47 Å². The molecule has 0 heterocycles. The summed E-state index contributed by atoms with van der Waals surface area (Å²) >= 11 is 0. The van der Waals surface area contributed by atoms with Crippen LogP contribution in [0.3, 0.4) is 0 Å². The molecule has 0 aromatic heterocycles. The van der Waals surface area contributed by atoms with Crippen molar-refractivity contribution in [2.75, 3.05) is 13.9 Å². The molecule has 1 unspecified atom stereocenters. The molecule has 0 N–H and O–H groups in total. The quantitative estimate of drug-likeness (QED) is 0.599. The molecular weight excluding hydrogens is 152 g/mol. The maximum Gasteiger partial charge on any atom is 0.146 e. The van der Waals surface area contributed by atoms with E-state index in [4.69, 9.17) is 9.47 Å². The summed E-state index contributed by atoms with van der Waals surface area (Å²) in [5.41, 5.74) is 1.34. The summed E-state index contributed by atoms with van der Waals surface area (Å²) in [7, 11) is 1.65. The molecule has 0 saturated carbocycles. The fraction of sp³-hybridized carbons (Fsp3) is 0.600. The van der Waals surface area contributed by atoms with Crippen molar-refractivity contribution in [3.05, 3.63) is 24.3 Å². The van der Waals surface area contributed by atoms with Gasteiger partial charge in [0.25, 0.3) is 0 Å². The fourth-order valence-electron chi connectivity index (χ4n) is 1.33. The highest BCUT2D eigenvalue weighted by Crippen LogP contribution is 2.20. The molecule has 0 spiro atoms. The van der Waals surface area contributed by atoms with Crippen LogP contribution in [0.5, 0.6) is 0 Å². The van der Waals surface area contributed by atoms with Crippen molar-refractivity contribution in [2.45, 2.75) is 25.4 Å². The van der Waals surface area contributed by atoms with Crippen LogP contribution in [0.25, 0.3) is 0 Å². The molecule has 0 aromatic rings. The summed E-state index contributed by atoms with van der Waals surface area (Å²) in [5, 5.41) is 0. The molecule has 0 fully saturated rings. The summed E-state index contributed by atoms with van der Waals surface area (Å²) < 4.78 is 10.3. The lowest BCUT2D eigenvalue weighted by molar-refractivity contribution is -0.0738. The van der Waals surface area contributed by atoms with Crippen molar-refractivity contribution in [2.24, 2.45) is 0 Å². The monoisotopic (exact) mass is 168 g/mol. The van der Waals surface area contributed by atoms with Crippen LogP contribution in [-0.4, -0.2) is 20.0 Å². The average Bonchev–Trinajstić information content (AvgIpc) is 2.15. The summed E-state index contributed by atoms with van der Waals surface area (Å²) in [6, 6.07) is 0. The van der Waals surface area contributed by atoms with Gasteiger partial charge in [0.05, 0.1) is 6.10 Å². The maximum atomic E-state index is 5.42. The predicted octanol–water partition coefficient (Wildman–Crippen LogP) is 2.27. The summed E-state index contributed by atoms with van der Waals surface area (Å²) in [4.78, 5) is 0. The van der Waals surface area contributed by atoms with Gasteiger partial charge >= 0.3 is 0 Å². The summed E-state index contributed by atoms with van der Waals surface area (Å²) in [6.45, 7) is 4.14. The second-order valence-electron chi connectivity index (χ2n) is 2.95. The lowest BCUT2D eigenvalue weighted by Gasteiger charge is -2.20. The largest absolute Gasteiger partial charge is 0.359 e. The van der Waals surface area contributed by atoms with Gasteiger partial charge in [-0.25, -0.2) is 0 Å². The molecule has 1 atom stereocenters. The molecule has 1 aliphatic carbocycles. The van der Waals surface area contributed by atoms with E-state index < -0.39 is 0 Å². The molecule has 2 nitrogen and oxygen atoms in total. The Morgan fingerprint density at radius 1 is 1.75 bits per heavy atom. The Bertz CT molecular complexity index is 173. The van der Waals surface area contributed by atoms with Crippen molar-refractivity contribution >= 4 is 0 Å². The first kappa shape index (κ1) is 9.49. The smallest absolute Gasteiger partial charge is 0.146 e. The lowest BCUT2D eigenvalue weighted by atomic mass is 9.97. The van der Waals surface area contributed by atoms with Crippen LogP contribution in [0, 0.1) is 0 Å². The van der Waals surface area contributed by atoms with Crippen LogP contribution in [0.4, 0.5) is 0 Å². The minimum Gasteiger partial charge on any atom is -0.359 e. The summed E-state index contributed by atoms with van der Waals surface area (Å²) in [5.74, 6) is 0. The predicted molar refractivity (Wildman–Crippen MR) is 48.9 cm³/mol. The van der Waals surface area contributed by atoms with Gasteiger partial charge < -0.3 is 9.47 Å². The zero-order valence-corrected chi connectivity index (χ0v) is 7.58. The third kappa shape index (κ3) is 2.80. The van der Waals surface area contributed by atoms with E-state index in [-0.39, 0.29) is 0 Å². The standard InChI is InChI=1S/C10H16O2/c1-3-9-4-6-10(7-5-9)12-8-11-2/h3-4,10H,1,5-8H2,2H3. The van der Waals surface area contributed by atoms with Gasteiger partial charge in [-0.1, -0.05) is 24.3 Å². The highest BCUT2D eigenvalue weighted by molar-refractivity contribution is 5.18. The molecule has 0 saturated heterocycles. The van der Waals surface area contributed by atoms with Crippen LogP contribution in [0.15, 0.2) is 24.3 Å². The number of ether oxygens (including phenoxy) is 2. The van der Waals surface area contributed by atoms with Crippen molar-refractivity contribution in [1.82, 2.24) is 0 Å². The first-order valence-corrected chi connectivity index (χ1v) is 4.29. The van der Waals surface area contributed by atoms with Gasteiger partial charge in [0, 0.05) is 7.11 Å². The van der Waals surface area contributed by atoms with E-state index in [1.54, 1.807) is 7.11 Å². The number of allylic oxidation sites excluding steroid dienone is 2. The lowest BCUT2D eigenvalue weighted by Crippen LogP contribution is -2.16. The highest BCUT2D eigenvalue weighted by Gasteiger charge is 2.12. The Balaban J connectivity index is 2.26. The molecule has 68 valence electrons. The van der Waals surface area contributed by atoms with Gasteiger partial charge in [0.2, 0.25) is 0 Å². The minimum atomic E-state index is 0.341. The van der Waals surface area contributed by atoms with E-state index in [1.807, 2.05) is 6.08 Å². The van der Waals surface area contributed by atoms with E-state index in [1.165, 1.54) is 5.57 Å². The zero-order chi connectivity index (χ0) is 8.81. The minimum absolute atomic E-state index is 0.341. The molecule has 0 aliphatic heterocycles. The van der Waals surface area contributed by atoms with E-state index in [0.717, 1.165) is 19.3 Å². The number of hydrogen-bond acceptors (Lipinski definition) is 2. The zero-order valence-electron chi connectivity index (χ0n) is 7.58. The van der Waals surface area contributed by atoms with Crippen molar-refractivity contribution in [3.63, 3.8) is 0 Å². The van der Waals surface area contributed by atoms with Crippen LogP contribution >= 0.6 is 0 Å². The molecular formula is C10H16O2. The van der Waals surface area contributed by atoms with Gasteiger partial charge in [-0.05, 0) is 19.3 Å². The number of rotatable bonds is 4. The van der Waals surface area contributed by atoms with Crippen molar-refractivity contribution < 1.29 is 9.47 Å². The average molecular weight is 168 g/mol. The van der Waals surface area contributed by atoms with Gasteiger partial charge in [0.1, 0.15) is 6.79 Å². The van der Waals surface area contributed by atoms with Crippen LogP contribution < -0.4 is 0 Å². The van der Waals surface area contributed by atoms with Gasteiger partial charge in [-0.15, -0.1) is 0 Å². The molecule has 0 amide bonds. The molecule has 1 aliphatic rings. The Labute approximate surface area is 73.9 Å². The van der Waals surface area contributed by atoms with E-state index in [9.17, 15) is 0 Å². The molecule has 1 rings (SSSR count). The van der Waals surface area contributed by atoms with Gasteiger partial charge in [0.15, 0.2) is 0 Å². The SMILES string of the molecule is C=CC1=CCC(OCOC)CC1. The third-order valence-corrected chi connectivity index (χ3v) is 2.08. The molecule has 0 radical (unpaired) electrons. The van der Waals surface area contributed by atoms with Gasteiger partial charge in [-0.2, -0.15) is 0 Å². The first-order chi connectivity index (χ1) is 5.86. The Morgan fingerprint density at radius 3 is 3.08 bits per heavy atom. The Hall–Kier alpha value is -0.600. The molecule has 0 aromatic carbocycles. The maximum absolute atomic E-state index is 5.42. The normalized spacial score (nSPS) is 23.4. The second-order valence-corrected chi connectivity index (χ2v) is 2.95. The number of hydrogen-bond donors (Lipinski definition) is 0. The number of methoxy groups -OCH3 is 1. The molecule has 12 heavy (non-hydrogen) atoms. The summed E-state index contributed by atoms with van der Waals surface area (Å²) in [6.07, 6.45) is 7.61. The highest BCUT2D eigenvalue weighted by atomic mass is 16.7. The Kier molecular flexibility index (Phi) is 4.05. The third-order valence-electron chi connectivity index (χ3n) is 2.08. The van der Waals surface area contributed by atoms with Crippen molar-refractivity contribution in [3.8, 4) is 0 Å². The second kappa shape index (κ2) is 5.12. The van der Waals surface area contributed by atoms with Crippen LogP contribution in [0.1, 0.15) is 19.3 Å². The van der Waals surface area contributed by atoms with Gasteiger partial charge in [-0.3, -0.25) is 0 Å². The van der Waals surface area contributed by atoms with Crippen LogP contribution in [0.2, 0.25) is 0 Å². The topological polar surface area (TPSA) is 18.5 Å². The first-order valence-electron chi connectivity index (χ1n) is 4.29. The van der Waals surface area contributed by atoms with Crippen molar-refractivity contribution in [1.29, 1.82) is 0 Å². The van der Waals surface area contributed by atoms with E-state index in [0.29, 0.717) is 12.9 Å². The molecule has 2 heteroatoms. The van der Waals surface area contributed by atoms with E-state index >= 15 is 0 Å². The fourth-order valence-corrected chi connectivity index (χ4v) is 1.33. The van der Waals surface area contributed by atoms with E-state index in [2.05, 4.69) is 12.7 Å².